The van der Waals surface area contributed by atoms with Gasteiger partial charge in [0.05, 0.1) is 0 Å². The van der Waals surface area contributed by atoms with Crippen LogP contribution in [0.4, 0.5) is 10.4 Å². The van der Waals surface area contributed by atoms with Crippen LogP contribution in [-0.2, 0) is 24.2 Å². The normalized spacial score (nSPS) is 13.3. The summed E-state index contributed by atoms with van der Waals surface area (Å²) in [5.41, 5.74) is 4.69. The summed E-state index contributed by atoms with van der Waals surface area (Å²) >= 11 is 0. The summed E-state index contributed by atoms with van der Waals surface area (Å²) in [5, 5.41) is 7.72. The van der Waals surface area contributed by atoms with Crippen LogP contribution in [0.15, 0.2) is 54.6 Å². The van der Waals surface area contributed by atoms with Crippen molar-refractivity contribution >= 4 is 22.5 Å². The molecule has 0 spiro atoms. The molecule has 5 heteroatoms. The minimum Gasteiger partial charge on any atom is -0.335 e. The van der Waals surface area contributed by atoms with E-state index < -0.39 is 0 Å². The minimum absolute atomic E-state index is 0. The average molecular weight is 357 g/mol. The van der Waals surface area contributed by atoms with E-state index in [2.05, 4.69) is 34.9 Å². The second-order valence-electron chi connectivity index (χ2n) is 6.19. The molecule has 2 heterocycles. The Morgan fingerprint density at radius 1 is 1.08 bits per heavy atom. The van der Waals surface area contributed by atoms with E-state index in [0.29, 0.717) is 6.54 Å². The fourth-order valence-corrected chi connectivity index (χ4v) is 3.58. The highest BCUT2D eigenvalue weighted by Gasteiger charge is 2.19. The maximum absolute atomic E-state index is 12.5. The lowest BCUT2D eigenvalue weighted by Gasteiger charge is -2.11. The van der Waals surface area contributed by atoms with Crippen molar-refractivity contribution in [1.29, 1.82) is 1.45 Å². The van der Waals surface area contributed by atoms with E-state index in [-0.39, 0.29) is 13.3 Å². The van der Waals surface area contributed by atoms with E-state index in [1.807, 2.05) is 36.4 Å². The Hall–Kier alpha value is -2.66. The third kappa shape index (κ3) is 3.78. The number of benzene rings is 2. The number of carbonyl (C=O) groups excluding carboxylic acids is 1. The molecule has 26 heavy (non-hydrogen) atoms. The van der Waals surface area contributed by atoms with E-state index >= 15 is 0 Å². The van der Waals surface area contributed by atoms with Crippen LogP contribution in [0.25, 0.3) is 10.9 Å². The lowest BCUT2D eigenvalue weighted by atomic mass is 10.1. The molecule has 0 aliphatic carbocycles. The fraction of sp³-hybridized carbons (Fsp3) is 0.286. The number of nitrogens with one attached hydrogen (secondary N) is 2. The average Bonchev–Trinajstić information content (AvgIpc) is 2.84. The van der Waals surface area contributed by atoms with Crippen molar-refractivity contribution in [3.05, 3.63) is 65.9 Å². The van der Waals surface area contributed by atoms with Crippen molar-refractivity contribution in [2.75, 3.05) is 18.4 Å². The third-order valence-electron chi connectivity index (χ3n) is 4.64. The first kappa shape index (κ1) is 18.1. The Balaban J connectivity index is 0.000000844. The number of aromatic nitrogens is 1. The van der Waals surface area contributed by atoms with Gasteiger partial charge in [0, 0.05) is 35.2 Å². The largest absolute Gasteiger partial charge is 0.335 e. The minimum atomic E-state index is 0. The predicted molar refractivity (Wildman–Crippen MR) is 107 cm³/mol. The molecule has 0 unspecified atom stereocenters. The van der Waals surface area contributed by atoms with E-state index in [1.165, 1.54) is 16.6 Å². The smallest absolute Gasteiger partial charge is 0.269 e. The Bertz CT molecular complexity index is 880. The van der Waals surface area contributed by atoms with Crippen molar-refractivity contribution in [2.45, 2.75) is 26.8 Å². The van der Waals surface area contributed by atoms with Gasteiger partial charge < -0.3 is 15.2 Å². The van der Waals surface area contributed by atoms with Gasteiger partial charge in [-0.05, 0) is 36.7 Å². The fourth-order valence-electron chi connectivity index (χ4n) is 3.58. The molecule has 2 N–H and O–H groups in total. The monoisotopic (exact) mass is 357 g/mol. The standard InChI is InChI=1S/C20H21N3O.CH4.FH/c24-20(22-15-6-2-1-3-7-15)14-23-18-9-5-4-8-16(18)17-10-12-21-13-11-19(17)23;;/h1-9,21H,10-14H2,(H,22,24);1H4;1H/i/hT. The molecule has 0 radical (unpaired) electrons. The second-order valence-corrected chi connectivity index (χ2v) is 6.19. The predicted octanol–water partition coefficient (Wildman–Crippen LogP) is 3.76. The first-order valence-corrected chi connectivity index (χ1v) is 8.47. The van der Waals surface area contributed by atoms with E-state index in [4.69, 9.17) is 4.72 Å². The van der Waals surface area contributed by atoms with Crippen molar-refractivity contribution in [3.8, 4) is 0 Å². The second kappa shape index (κ2) is 8.63. The maximum atomic E-state index is 12.5. The van der Waals surface area contributed by atoms with E-state index in [0.717, 1.165) is 37.1 Å². The Morgan fingerprint density at radius 2 is 1.77 bits per heavy atom. The van der Waals surface area contributed by atoms with Crippen LogP contribution >= 0.6 is 0 Å². The van der Waals surface area contributed by atoms with Crippen LogP contribution in [0.5, 0.6) is 0 Å². The first-order valence-electron chi connectivity index (χ1n) is 8.85. The Labute approximate surface area is 155 Å². The molecule has 0 saturated heterocycles. The quantitative estimate of drug-likeness (QED) is 0.750. The molecule has 1 amide bonds. The molecular formula is C21H26FN3O. The van der Waals surface area contributed by atoms with Gasteiger partial charge in [-0.25, -0.2) is 0 Å². The number of amides is 1. The molecular weight excluding hydrogens is 329 g/mol. The molecule has 138 valence electrons. The van der Waals surface area contributed by atoms with Gasteiger partial charge in [-0.15, -0.1) is 0 Å². The molecule has 1 aliphatic rings. The van der Waals surface area contributed by atoms with E-state index in [1.54, 1.807) is 0 Å². The van der Waals surface area contributed by atoms with Crippen molar-refractivity contribution in [3.63, 3.8) is 0 Å². The number of hydrogen-bond acceptors (Lipinski definition) is 2. The van der Waals surface area contributed by atoms with Gasteiger partial charge in [-0.3, -0.25) is 9.51 Å². The zero-order chi connectivity index (χ0) is 18.4. The molecule has 0 atom stereocenters. The maximum Gasteiger partial charge on any atom is 0.269 e. The van der Waals surface area contributed by atoms with Crippen LogP contribution in [0.3, 0.4) is 0 Å². The van der Waals surface area contributed by atoms with Crippen molar-refractivity contribution < 1.29 is 9.51 Å². The highest BCUT2D eigenvalue weighted by atomic mass is 19.0. The molecule has 1 aliphatic heterocycles. The van der Waals surface area contributed by atoms with Gasteiger partial charge in [-0.2, -0.15) is 0 Å². The van der Waals surface area contributed by atoms with Crippen LogP contribution in [0, 0.1) is 0 Å². The molecule has 1 aromatic heterocycles. The van der Waals surface area contributed by atoms with Crippen LogP contribution in [0.1, 0.15) is 18.7 Å². The van der Waals surface area contributed by atoms with Gasteiger partial charge in [0.1, 0.15) is 6.54 Å². The number of fused-ring (bicyclic) bond motifs is 3. The first-order chi connectivity index (χ1) is 12.8. The van der Waals surface area contributed by atoms with Crippen LogP contribution < -0.4 is 10.6 Å². The summed E-state index contributed by atoms with van der Waals surface area (Å²) in [4.78, 5) is 12.5. The van der Waals surface area contributed by atoms with Crippen molar-refractivity contribution in [1.82, 2.24) is 9.88 Å². The number of halogens is 1. The lowest BCUT2D eigenvalue weighted by Crippen LogP contribution is -2.21. The van der Waals surface area contributed by atoms with E-state index in [9.17, 15) is 4.79 Å². The third-order valence-corrected chi connectivity index (χ3v) is 4.64. The molecule has 3 aromatic rings. The Morgan fingerprint density at radius 3 is 2.58 bits per heavy atom. The zero-order valence-corrected chi connectivity index (χ0v) is 14.0. The Kier molecular flexibility index (Phi) is 6.02. The number of anilines is 1. The summed E-state index contributed by atoms with van der Waals surface area (Å²) in [6, 6.07) is 18.0. The van der Waals surface area contributed by atoms with Gasteiger partial charge in [0.15, 0.2) is 0 Å². The van der Waals surface area contributed by atoms with Crippen molar-refractivity contribution in [2.24, 2.45) is 0 Å². The SMILES string of the molecule is C.O=C(Cn1c2c(c3ccccc31)CCNCC2)Nc1ccccc1.[3H]F. The molecule has 0 bridgehead atoms. The molecule has 2 aromatic carbocycles. The van der Waals surface area contributed by atoms with Crippen LogP contribution in [-0.4, -0.2) is 25.0 Å². The molecule has 4 nitrogen and oxygen atoms in total. The molecule has 0 saturated carbocycles. The highest BCUT2D eigenvalue weighted by Crippen LogP contribution is 2.28. The summed E-state index contributed by atoms with van der Waals surface area (Å²) in [5.74, 6) is 0.0157. The summed E-state index contributed by atoms with van der Waals surface area (Å²) in [6.07, 6.45) is 1.98. The van der Waals surface area contributed by atoms with Gasteiger partial charge in [0.2, 0.25) is 5.91 Å². The number of para-hydroxylation sites is 2. The van der Waals surface area contributed by atoms with Gasteiger partial charge in [0.25, 0.3) is 1.45 Å². The molecule has 4 rings (SSSR count). The zero-order valence-electron chi connectivity index (χ0n) is 15.0. The van der Waals surface area contributed by atoms with Gasteiger partial charge >= 0.3 is 0 Å². The lowest BCUT2D eigenvalue weighted by molar-refractivity contribution is -0.116. The van der Waals surface area contributed by atoms with Gasteiger partial charge in [-0.1, -0.05) is 43.8 Å². The number of nitrogens with zero attached hydrogens (tertiary/aromatic N) is 1. The number of rotatable bonds is 3. The summed E-state index contributed by atoms with van der Waals surface area (Å²) < 4.78 is 15.2. The highest BCUT2D eigenvalue weighted by molar-refractivity contribution is 5.93. The summed E-state index contributed by atoms with van der Waals surface area (Å²) in [6.45, 7) is 2.31. The number of hydrogen-bond donors (Lipinski definition) is 2. The summed E-state index contributed by atoms with van der Waals surface area (Å²) in [7, 11) is 0. The topological polar surface area (TPSA) is 46.1 Å². The molecule has 0 fully saturated rings. The number of carbonyl (C=O) groups is 1. The van der Waals surface area contributed by atoms with Crippen LogP contribution in [0.2, 0.25) is 0 Å².